The summed E-state index contributed by atoms with van der Waals surface area (Å²) in [7, 11) is 0. The van der Waals surface area contributed by atoms with Crippen LogP contribution in [0.4, 0.5) is 68.2 Å². The predicted octanol–water partition coefficient (Wildman–Crippen LogP) is 21.3. The van der Waals surface area contributed by atoms with Gasteiger partial charge in [-0.1, -0.05) is 249 Å². The maximum absolute atomic E-state index is 2.95. The highest BCUT2D eigenvalue weighted by Crippen LogP contribution is 2.68. The second kappa shape index (κ2) is 19.3. The monoisotopic (exact) mass is 1340 g/mol. The second-order valence-corrected chi connectivity index (χ2v) is 40.9. The minimum absolute atomic E-state index is 0.113. The molecule has 10 aromatic carbocycles. The van der Waals surface area contributed by atoms with Crippen molar-refractivity contribution in [2.45, 2.75) is 238 Å². The maximum Gasteiger partial charge on any atom is 0.253 e. The average molecular weight is 1350 g/mol. The van der Waals surface area contributed by atoms with Crippen molar-refractivity contribution < 1.29 is 0 Å². The SMILES string of the molecule is CC(C)(C)c1cc2c3c(c1)N(c1ccccc1)c1c4c(cc5c1C(C)(C)CC5(C)C)C1(c5cc6c(c(c5B34)N2c2ccccc2)C(C)(C)CC6(C)C)c2cc3c(c4c2B2c5c(cc(C(C)(C)C)cc5N(c5ccccc5)c5c2c1cc1c5C(C)(C)CC1(C)C)N4c1ccccc1)C(C)(C)CC3(C)C. The molecular weight excluding hydrogens is 1240 g/mol. The molecule has 6 heterocycles. The highest BCUT2D eigenvalue weighted by molar-refractivity contribution is 7.03. The van der Waals surface area contributed by atoms with Crippen LogP contribution in [-0.4, -0.2) is 13.4 Å². The van der Waals surface area contributed by atoms with Crippen LogP contribution in [0.5, 0.6) is 0 Å². The molecule has 4 nitrogen and oxygen atoms in total. The van der Waals surface area contributed by atoms with Gasteiger partial charge in [0.2, 0.25) is 0 Å². The number of rotatable bonds is 4. The van der Waals surface area contributed by atoms with Gasteiger partial charge in [0, 0.05) is 68.2 Å². The molecule has 103 heavy (non-hydrogen) atoms. The average Bonchev–Trinajstić information content (AvgIpc) is 1.60. The molecule has 6 heteroatoms. The molecule has 0 amide bonds. The van der Waals surface area contributed by atoms with Crippen molar-refractivity contribution in [3.05, 3.63) is 248 Å². The number of benzene rings is 10. The van der Waals surface area contributed by atoms with Gasteiger partial charge in [-0.3, -0.25) is 0 Å². The van der Waals surface area contributed by atoms with E-state index in [1.165, 1.54) is 179 Å². The van der Waals surface area contributed by atoms with Gasteiger partial charge >= 0.3 is 0 Å². The molecule has 0 aromatic heterocycles. The Hall–Kier alpha value is -8.47. The third-order valence-corrected chi connectivity index (χ3v) is 27.8. The fourth-order valence-corrected chi connectivity index (χ4v) is 25.1. The first-order chi connectivity index (χ1) is 48.3. The van der Waals surface area contributed by atoms with Crippen molar-refractivity contribution in [3.8, 4) is 0 Å². The smallest absolute Gasteiger partial charge is 0.253 e. The standard InChI is InChI=1S/C97H102B2N4/c1-87(2,3)55-43-69-81-70(44-55)101(58-37-29-24-30-38-58)84-74-62(90(9,10)52-94(74,17)18)48-66-78(84)98(81)77-65(47-61-73(93(15,16)51-89(61,7)8)83(77)100(69)57-35-27-23-28-36-57)97(66)67-49-63-75(95(19,20)53-91(63,11)12)85-79(67)99-80-68(97)50-64-76(96(21,22)54-92(64,13)14)86(80)103(60-41-33-26-34-42-60)72-46-56(88(4,5)6)45-71(82(72)99)102(85)59-39-31-25-32-40-59/h23-50H,51-54H2,1-22H3. The maximum atomic E-state index is 2.95. The van der Waals surface area contributed by atoms with Crippen LogP contribution in [0.15, 0.2) is 170 Å². The molecule has 1 spiro atoms. The molecule has 0 radical (unpaired) electrons. The van der Waals surface area contributed by atoms with Gasteiger partial charge in [0.05, 0.1) is 5.41 Å². The number of fused-ring (bicyclic) bond motifs is 12. The van der Waals surface area contributed by atoms with Gasteiger partial charge < -0.3 is 19.6 Å². The van der Waals surface area contributed by atoms with Crippen molar-refractivity contribution in [2.24, 2.45) is 0 Å². The normalized spacial score (nSPS) is 20.8. The van der Waals surface area contributed by atoms with E-state index in [1.807, 2.05) is 0 Å². The molecule has 0 unspecified atom stereocenters. The lowest BCUT2D eigenvalue weighted by Crippen LogP contribution is -2.73. The zero-order valence-corrected chi connectivity index (χ0v) is 65.4. The van der Waals surface area contributed by atoms with Crippen molar-refractivity contribution in [1.29, 1.82) is 0 Å². The summed E-state index contributed by atoms with van der Waals surface area (Å²) in [4.78, 5) is 11.5. The molecular formula is C97H102B2N4. The van der Waals surface area contributed by atoms with E-state index in [0.717, 1.165) is 25.7 Å². The minimum Gasteiger partial charge on any atom is -0.311 e. The van der Waals surface area contributed by atoms with Crippen LogP contribution in [0.3, 0.4) is 0 Å². The Morgan fingerprint density at radius 2 is 0.456 bits per heavy atom. The quantitative estimate of drug-likeness (QED) is 0.163. The van der Waals surface area contributed by atoms with Crippen LogP contribution < -0.4 is 52.4 Å². The summed E-state index contributed by atoms with van der Waals surface area (Å²) in [6.45, 7) is 56.2. The Morgan fingerprint density at radius 1 is 0.252 bits per heavy atom. The Labute approximate surface area is 615 Å². The first kappa shape index (κ1) is 64.2. The molecule has 0 bridgehead atoms. The van der Waals surface area contributed by atoms with Crippen LogP contribution in [0, 0.1) is 0 Å². The summed E-state index contributed by atoms with van der Waals surface area (Å²) in [5, 5.41) is 0. The van der Waals surface area contributed by atoms with E-state index in [-0.39, 0.29) is 67.6 Å². The molecule has 516 valence electrons. The Kier molecular flexibility index (Phi) is 12.0. The summed E-state index contributed by atoms with van der Waals surface area (Å²) in [5.74, 6) is 0. The summed E-state index contributed by atoms with van der Waals surface area (Å²) in [5.41, 5.74) is 42.7. The molecule has 0 saturated heterocycles. The Balaban J connectivity index is 1.12. The molecule has 0 saturated carbocycles. The van der Waals surface area contributed by atoms with E-state index in [4.69, 9.17) is 0 Å². The van der Waals surface area contributed by atoms with Gasteiger partial charge in [-0.05, 0) is 263 Å². The van der Waals surface area contributed by atoms with E-state index >= 15 is 0 Å². The van der Waals surface area contributed by atoms with Crippen LogP contribution in [0.1, 0.15) is 256 Å². The lowest BCUT2D eigenvalue weighted by molar-refractivity contribution is 0.403. The summed E-state index contributed by atoms with van der Waals surface area (Å²) < 4.78 is 0. The predicted molar refractivity (Wildman–Crippen MR) is 440 cm³/mol. The van der Waals surface area contributed by atoms with Crippen molar-refractivity contribution in [2.75, 3.05) is 19.6 Å². The lowest BCUT2D eigenvalue weighted by atomic mass is 9.23. The second-order valence-electron chi connectivity index (χ2n) is 40.9. The molecule has 0 N–H and O–H groups in total. The van der Waals surface area contributed by atoms with Crippen LogP contribution in [-0.2, 0) is 59.6 Å². The van der Waals surface area contributed by atoms with Gasteiger partial charge in [-0.25, -0.2) is 0 Å². The van der Waals surface area contributed by atoms with E-state index in [2.05, 4.69) is 342 Å². The first-order valence-corrected chi connectivity index (χ1v) is 39.0. The molecule has 0 fully saturated rings. The summed E-state index contributed by atoms with van der Waals surface area (Å²) in [6.07, 6.45) is 4.14. The van der Waals surface area contributed by atoms with Gasteiger partial charge in [-0.15, -0.1) is 0 Å². The number of para-hydroxylation sites is 4. The van der Waals surface area contributed by atoms with E-state index < -0.39 is 5.41 Å². The highest BCUT2D eigenvalue weighted by atomic mass is 15.2. The Bertz CT molecular complexity index is 4830. The van der Waals surface area contributed by atoms with Gasteiger partial charge in [-0.2, -0.15) is 0 Å². The molecule has 4 aliphatic carbocycles. The molecule has 10 aromatic rings. The minimum atomic E-state index is -0.906. The number of nitrogens with zero attached hydrogens (tertiary/aromatic N) is 4. The van der Waals surface area contributed by atoms with Gasteiger partial charge in [0.1, 0.15) is 0 Å². The fraction of sp³-hybridized carbons (Fsp3) is 0.381. The van der Waals surface area contributed by atoms with Crippen molar-refractivity contribution in [3.63, 3.8) is 0 Å². The number of anilines is 12. The van der Waals surface area contributed by atoms with Crippen molar-refractivity contribution in [1.82, 2.24) is 0 Å². The van der Waals surface area contributed by atoms with Gasteiger partial charge in [0.15, 0.2) is 0 Å². The van der Waals surface area contributed by atoms with Crippen LogP contribution in [0.2, 0.25) is 0 Å². The number of hydrogen-bond acceptors (Lipinski definition) is 4. The van der Waals surface area contributed by atoms with E-state index in [9.17, 15) is 0 Å². The first-order valence-electron chi connectivity index (χ1n) is 39.0. The van der Waals surface area contributed by atoms with E-state index in [1.54, 1.807) is 0 Å². The zero-order valence-electron chi connectivity index (χ0n) is 65.4. The molecule has 20 rings (SSSR count). The lowest BCUT2D eigenvalue weighted by Gasteiger charge is -2.58. The summed E-state index contributed by atoms with van der Waals surface area (Å²) >= 11 is 0. The Morgan fingerprint density at radius 3 is 0.650 bits per heavy atom. The van der Waals surface area contributed by atoms with Crippen LogP contribution in [0.25, 0.3) is 0 Å². The summed E-state index contributed by atoms with van der Waals surface area (Å²) in [6, 6.07) is 69.3. The topological polar surface area (TPSA) is 13.0 Å². The van der Waals surface area contributed by atoms with Gasteiger partial charge in [0.25, 0.3) is 13.4 Å². The third kappa shape index (κ3) is 7.87. The highest BCUT2D eigenvalue weighted by Gasteiger charge is 2.67. The molecule has 6 aliphatic heterocycles. The third-order valence-electron chi connectivity index (χ3n) is 27.8. The van der Waals surface area contributed by atoms with Crippen LogP contribution >= 0.6 is 0 Å². The molecule has 10 aliphatic rings. The molecule has 0 atom stereocenters. The zero-order chi connectivity index (χ0) is 72.1. The number of hydrogen-bond donors (Lipinski definition) is 0. The fourth-order valence-electron chi connectivity index (χ4n) is 25.1. The van der Waals surface area contributed by atoms with Crippen molar-refractivity contribution >= 4 is 114 Å². The largest absolute Gasteiger partial charge is 0.311 e. The van der Waals surface area contributed by atoms with E-state index in [0.29, 0.717) is 0 Å².